The number of carboxylic acids is 1. The molecule has 0 saturated heterocycles. The van der Waals surface area contributed by atoms with Gasteiger partial charge in [-0.1, -0.05) is 0 Å². The average Bonchev–Trinajstić information content (AvgIpc) is 2.52. The lowest BCUT2D eigenvalue weighted by Gasteiger charge is -2.12. The summed E-state index contributed by atoms with van der Waals surface area (Å²) in [7, 11) is 1.20. The van der Waals surface area contributed by atoms with E-state index in [0.717, 1.165) is 0 Å². The Bertz CT molecular complexity index is 660. The molecule has 0 saturated carbocycles. The Hall–Kier alpha value is -3.01. The van der Waals surface area contributed by atoms with E-state index in [1.807, 2.05) is 0 Å². The van der Waals surface area contributed by atoms with E-state index in [-0.39, 0.29) is 24.3 Å². The van der Waals surface area contributed by atoms with E-state index in [1.165, 1.54) is 32.2 Å². The topological polar surface area (TPSA) is 148 Å². The fraction of sp³-hybridized carbons (Fsp3) is 0.357. The third-order valence-electron chi connectivity index (χ3n) is 3.11. The third kappa shape index (κ3) is 5.32. The first-order valence-corrected chi connectivity index (χ1v) is 6.81. The Morgan fingerprint density at radius 1 is 1.33 bits per heavy atom. The normalized spacial score (nSPS) is 11.4. The highest BCUT2D eigenvalue weighted by Crippen LogP contribution is 2.18. The van der Waals surface area contributed by atoms with Crippen LogP contribution >= 0.6 is 0 Å². The molecule has 130 valence electrons. The number of carbonyl (C=O) groups is 3. The van der Waals surface area contributed by atoms with Gasteiger partial charge in [0.05, 0.1) is 18.0 Å². The van der Waals surface area contributed by atoms with Crippen LogP contribution in [-0.2, 0) is 14.3 Å². The molecule has 0 spiro atoms. The summed E-state index contributed by atoms with van der Waals surface area (Å²) in [5.74, 6) is -2.39. The molecule has 0 fully saturated rings. The molecule has 1 aromatic carbocycles. The number of aliphatic carboxylic acids is 1. The summed E-state index contributed by atoms with van der Waals surface area (Å²) < 4.78 is 4.64. The molecule has 10 heteroatoms. The lowest BCUT2D eigenvalue weighted by Crippen LogP contribution is -2.42. The van der Waals surface area contributed by atoms with Gasteiger partial charge in [0.2, 0.25) is 5.91 Å². The second-order valence-corrected chi connectivity index (χ2v) is 4.81. The van der Waals surface area contributed by atoms with Gasteiger partial charge < -0.3 is 20.5 Å². The smallest absolute Gasteiger partial charge is 0.334 e. The van der Waals surface area contributed by atoms with Crippen molar-refractivity contribution in [3.63, 3.8) is 0 Å². The number of ether oxygens (including phenoxy) is 1. The second kappa shape index (κ2) is 8.58. The molecule has 0 aliphatic rings. The third-order valence-corrected chi connectivity index (χ3v) is 3.11. The van der Waals surface area contributed by atoms with Crippen LogP contribution in [-0.4, -0.2) is 54.1 Å². The van der Waals surface area contributed by atoms with E-state index in [4.69, 9.17) is 5.11 Å². The molecule has 0 heterocycles. The highest BCUT2D eigenvalue weighted by Gasteiger charge is 2.18. The molecule has 0 aromatic heterocycles. The number of hydrogen-bond acceptors (Lipinski definition) is 6. The Balaban J connectivity index is 2.54. The van der Waals surface area contributed by atoms with Crippen LogP contribution < -0.4 is 10.6 Å². The minimum absolute atomic E-state index is 0.108. The second-order valence-electron chi connectivity index (χ2n) is 4.81. The zero-order valence-electron chi connectivity index (χ0n) is 13.1. The lowest BCUT2D eigenvalue weighted by atomic mass is 10.1. The van der Waals surface area contributed by atoms with Crippen LogP contribution in [0.5, 0.6) is 0 Å². The Kier molecular flexibility index (Phi) is 6.80. The largest absolute Gasteiger partial charge is 0.479 e. The van der Waals surface area contributed by atoms with Gasteiger partial charge in [-0.2, -0.15) is 0 Å². The van der Waals surface area contributed by atoms with E-state index in [2.05, 4.69) is 15.4 Å². The quantitative estimate of drug-likeness (QED) is 0.440. The maximum Gasteiger partial charge on any atom is 0.334 e. The molecule has 1 aromatic rings. The number of benzene rings is 1. The standard InChI is InChI=1S/C14H17N3O7/c1-8-5-9(3-4-10(8)17(22)23)13(19)16-7-12(18)15-6-11(24-2)14(20)21/h3-5,11H,6-7H2,1-2H3,(H,15,18)(H,16,19)(H,20,21). The summed E-state index contributed by atoms with van der Waals surface area (Å²) >= 11 is 0. The molecular formula is C14H17N3O7. The summed E-state index contributed by atoms with van der Waals surface area (Å²) in [5, 5.41) is 24.1. The number of aryl methyl sites for hydroxylation is 1. The van der Waals surface area contributed by atoms with Gasteiger partial charge in [0.15, 0.2) is 6.10 Å². The molecule has 2 amide bonds. The predicted molar refractivity (Wildman–Crippen MR) is 81.6 cm³/mol. The van der Waals surface area contributed by atoms with Crippen molar-refractivity contribution in [2.75, 3.05) is 20.2 Å². The van der Waals surface area contributed by atoms with Crippen molar-refractivity contribution >= 4 is 23.5 Å². The highest BCUT2D eigenvalue weighted by atomic mass is 16.6. The molecule has 10 nitrogen and oxygen atoms in total. The van der Waals surface area contributed by atoms with Gasteiger partial charge in [0.25, 0.3) is 11.6 Å². The molecule has 24 heavy (non-hydrogen) atoms. The number of nitro benzene ring substituents is 1. The summed E-state index contributed by atoms with van der Waals surface area (Å²) in [6, 6.07) is 3.83. The summed E-state index contributed by atoms with van der Waals surface area (Å²) in [6.45, 7) is 0.889. The fourth-order valence-electron chi connectivity index (χ4n) is 1.80. The first kappa shape index (κ1) is 19.0. The number of hydrogen-bond donors (Lipinski definition) is 3. The van der Waals surface area contributed by atoms with Crippen LogP contribution in [0.1, 0.15) is 15.9 Å². The fourth-order valence-corrected chi connectivity index (χ4v) is 1.80. The van der Waals surface area contributed by atoms with Gasteiger partial charge in [-0.25, -0.2) is 4.79 Å². The van der Waals surface area contributed by atoms with Crippen molar-refractivity contribution in [2.24, 2.45) is 0 Å². The van der Waals surface area contributed by atoms with Crippen molar-refractivity contribution in [1.82, 2.24) is 10.6 Å². The maximum absolute atomic E-state index is 11.9. The van der Waals surface area contributed by atoms with E-state index in [0.29, 0.717) is 5.56 Å². The molecule has 0 bridgehead atoms. The highest BCUT2D eigenvalue weighted by molar-refractivity contribution is 5.96. The van der Waals surface area contributed by atoms with Crippen LogP contribution in [0, 0.1) is 17.0 Å². The number of nitrogens with one attached hydrogen (secondary N) is 2. The molecule has 0 radical (unpaired) electrons. The average molecular weight is 339 g/mol. The number of carboxylic acid groups (broad SMARTS) is 1. The van der Waals surface area contributed by atoms with E-state index < -0.39 is 28.8 Å². The number of carbonyl (C=O) groups excluding carboxylic acids is 2. The summed E-state index contributed by atoms with van der Waals surface area (Å²) in [6.07, 6.45) is -1.18. The summed E-state index contributed by atoms with van der Waals surface area (Å²) in [5.41, 5.74) is 0.385. The van der Waals surface area contributed by atoms with Crippen molar-refractivity contribution in [2.45, 2.75) is 13.0 Å². The SMILES string of the molecule is COC(CNC(=O)CNC(=O)c1ccc([N+](=O)[O-])c(C)c1)C(=O)O. The number of nitrogens with zero attached hydrogens (tertiary/aromatic N) is 1. The van der Waals surface area contributed by atoms with Crippen LogP contribution in [0.2, 0.25) is 0 Å². The Morgan fingerprint density at radius 3 is 2.50 bits per heavy atom. The van der Waals surface area contributed by atoms with Crippen molar-refractivity contribution in [3.8, 4) is 0 Å². The Labute approximate surface area is 136 Å². The van der Waals surface area contributed by atoms with Gasteiger partial charge in [0, 0.05) is 24.3 Å². The summed E-state index contributed by atoms with van der Waals surface area (Å²) in [4.78, 5) is 44.3. The number of rotatable bonds is 8. The first-order valence-electron chi connectivity index (χ1n) is 6.81. The van der Waals surface area contributed by atoms with Gasteiger partial charge in [-0.05, 0) is 19.1 Å². The van der Waals surface area contributed by atoms with Gasteiger partial charge in [-0.15, -0.1) is 0 Å². The van der Waals surface area contributed by atoms with Crippen LogP contribution in [0.25, 0.3) is 0 Å². The monoisotopic (exact) mass is 339 g/mol. The van der Waals surface area contributed by atoms with Crippen molar-refractivity contribution < 1.29 is 29.2 Å². The predicted octanol–water partition coefficient (Wildman–Crippen LogP) is -0.151. The van der Waals surface area contributed by atoms with Crippen molar-refractivity contribution in [1.29, 1.82) is 0 Å². The lowest BCUT2D eigenvalue weighted by molar-refractivity contribution is -0.385. The number of amides is 2. The number of methoxy groups -OCH3 is 1. The van der Waals surface area contributed by atoms with Crippen LogP contribution in [0.15, 0.2) is 18.2 Å². The first-order chi connectivity index (χ1) is 11.3. The van der Waals surface area contributed by atoms with Gasteiger partial charge in [-0.3, -0.25) is 19.7 Å². The van der Waals surface area contributed by atoms with E-state index in [1.54, 1.807) is 0 Å². The van der Waals surface area contributed by atoms with Gasteiger partial charge in [0.1, 0.15) is 0 Å². The molecule has 1 unspecified atom stereocenters. The van der Waals surface area contributed by atoms with Gasteiger partial charge >= 0.3 is 5.97 Å². The van der Waals surface area contributed by atoms with Crippen molar-refractivity contribution in [3.05, 3.63) is 39.4 Å². The minimum atomic E-state index is -1.22. The molecule has 3 N–H and O–H groups in total. The zero-order chi connectivity index (χ0) is 18.3. The van der Waals surface area contributed by atoms with E-state index in [9.17, 15) is 24.5 Å². The molecule has 0 aliphatic carbocycles. The maximum atomic E-state index is 11.9. The number of nitro groups is 1. The zero-order valence-corrected chi connectivity index (χ0v) is 13.1. The minimum Gasteiger partial charge on any atom is -0.479 e. The Morgan fingerprint density at radius 2 is 2.00 bits per heavy atom. The van der Waals surface area contributed by atoms with E-state index >= 15 is 0 Å². The molecule has 0 aliphatic heterocycles. The molecule has 1 atom stereocenters. The molecule has 1 rings (SSSR count). The van der Waals surface area contributed by atoms with Crippen LogP contribution in [0.4, 0.5) is 5.69 Å². The molecular weight excluding hydrogens is 322 g/mol. The van der Waals surface area contributed by atoms with Crippen LogP contribution in [0.3, 0.4) is 0 Å².